The first-order chi connectivity index (χ1) is 24.8. The summed E-state index contributed by atoms with van der Waals surface area (Å²) in [5.74, 6) is 0. The number of benzene rings is 8. The number of nitrogens with zero attached hydrogens (tertiary/aromatic N) is 3. The average molecular weight is 638 g/mol. The zero-order valence-corrected chi connectivity index (χ0v) is 26.8. The molecule has 232 valence electrons. The van der Waals surface area contributed by atoms with Crippen molar-refractivity contribution in [2.24, 2.45) is 0 Å². The van der Waals surface area contributed by atoms with E-state index < -0.39 is 0 Å². The van der Waals surface area contributed by atoms with Gasteiger partial charge in [-0.25, -0.2) is 0 Å². The number of rotatable bonds is 3. The van der Waals surface area contributed by atoms with Crippen LogP contribution in [0.2, 0.25) is 0 Å². The van der Waals surface area contributed by atoms with E-state index in [1.54, 1.807) is 0 Å². The number of furan rings is 1. The second-order valence-corrected chi connectivity index (χ2v) is 13.3. The summed E-state index contributed by atoms with van der Waals surface area (Å²) in [7, 11) is 0. The molecule has 4 nitrogen and oxygen atoms in total. The molecule has 8 aromatic carbocycles. The van der Waals surface area contributed by atoms with Gasteiger partial charge in [0.05, 0.1) is 49.9 Å². The summed E-state index contributed by atoms with van der Waals surface area (Å²) >= 11 is 0. The van der Waals surface area contributed by atoms with Crippen molar-refractivity contribution in [3.8, 4) is 0 Å². The summed E-state index contributed by atoms with van der Waals surface area (Å²) in [4.78, 5) is 2.43. The summed E-state index contributed by atoms with van der Waals surface area (Å²) < 4.78 is 11.4. The summed E-state index contributed by atoms with van der Waals surface area (Å²) in [6, 6.07) is 59.3. The standard InChI is InChI=1S/C46H27N3O/c1-2-13-30-28(11-1)12-9-19-36(30)47(40-20-10-22-43-44(40)35-16-5-8-21-42(35)50-43)29-23-26-39-41(27-29)49-38-18-7-4-15-32(38)34-25-24-33-31-14-3-6-17-37(31)48(39)45(33)46(34)49/h1-27H. The molecule has 4 aromatic heterocycles. The number of anilines is 3. The Bertz CT molecular complexity index is 3340. The van der Waals surface area contributed by atoms with E-state index in [2.05, 4.69) is 171 Å². The number of fused-ring (bicyclic) bond motifs is 13. The Balaban J connectivity index is 1.27. The monoisotopic (exact) mass is 637 g/mol. The van der Waals surface area contributed by atoms with Gasteiger partial charge in [-0.15, -0.1) is 0 Å². The van der Waals surface area contributed by atoms with Crippen molar-refractivity contribution in [3.63, 3.8) is 0 Å². The normalized spacial score (nSPS) is 12.4. The van der Waals surface area contributed by atoms with Crippen LogP contribution in [0.1, 0.15) is 0 Å². The molecule has 0 N–H and O–H groups in total. The van der Waals surface area contributed by atoms with Gasteiger partial charge in [-0.1, -0.05) is 109 Å². The molecule has 0 saturated heterocycles. The maximum atomic E-state index is 6.44. The van der Waals surface area contributed by atoms with Gasteiger partial charge >= 0.3 is 0 Å². The SMILES string of the molecule is c1ccc2c(N(c3ccc4c(c3)n3c5ccccc5c5ccc6c7ccccc7n4c6c53)c3cccc4oc5ccccc5c34)cccc2c1. The van der Waals surface area contributed by atoms with Gasteiger partial charge in [0.25, 0.3) is 0 Å². The second kappa shape index (κ2) is 9.43. The Morgan fingerprint density at radius 3 is 1.74 bits per heavy atom. The van der Waals surface area contributed by atoms with E-state index in [1.807, 2.05) is 6.07 Å². The highest BCUT2D eigenvalue weighted by molar-refractivity contribution is 6.25. The fourth-order valence-corrected chi connectivity index (χ4v) is 8.77. The van der Waals surface area contributed by atoms with Crippen LogP contribution in [-0.4, -0.2) is 8.80 Å². The molecule has 0 atom stereocenters. The summed E-state index contributed by atoms with van der Waals surface area (Å²) in [6.45, 7) is 0. The van der Waals surface area contributed by atoms with Gasteiger partial charge < -0.3 is 18.1 Å². The number of para-hydroxylation sites is 3. The third-order valence-electron chi connectivity index (χ3n) is 10.8. The quantitative estimate of drug-likeness (QED) is 0.180. The molecule has 0 aliphatic rings. The minimum absolute atomic E-state index is 0.875. The molecule has 0 fully saturated rings. The van der Waals surface area contributed by atoms with E-state index in [0.29, 0.717) is 0 Å². The molecule has 4 heteroatoms. The maximum absolute atomic E-state index is 6.44. The first-order valence-electron chi connectivity index (χ1n) is 17.1. The Labute approximate surface area is 285 Å². The fraction of sp³-hybridized carbons (Fsp3) is 0. The Morgan fingerprint density at radius 2 is 0.960 bits per heavy atom. The lowest BCUT2D eigenvalue weighted by molar-refractivity contribution is 0.669. The highest BCUT2D eigenvalue weighted by Crippen LogP contribution is 2.47. The first-order valence-corrected chi connectivity index (χ1v) is 17.1. The van der Waals surface area contributed by atoms with Crippen LogP contribution < -0.4 is 4.90 Å². The molecule has 12 aromatic rings. The van der Waals surface area contributed by atoms with E-state index in [4.69, 9.17) is 4.42 Å². The highest BCUT2D eigenvalue weighted by atomic mass is 16.3. The van der Waals surface area contributed by atoms with Crippen LogP contribution in [0.5, 0.6) is 0 Å². The molecule has 0 radical (unpaired) electrons. The third kappa shape index (κ3) is 3.25. The van der Waals surface area contributed by atoms with Crippen molar-refractivity contribution in [2.45, 2.75) is 0 Å². The van der Waals surface area contributed by atoms with Crippen LogP contribution in [0, 0.1) is 0 Å². The van der Waals surface area contributed by atoms with E-state index in [-0.39, 0.29) is 0 Å². The van der Waals surface area contributed by atoms with Gasteiger partial charge in [-0.3, -0.25) is 0 Å². The third-order valence-corrected chi connectivity index (χ3v) is 10.8. The summed E-state index contributed by atoms with van der Waals surface area (Å²) in [5.41, 5.74) is 12.3. The van der Waals surface area contributed by atoms with E-state index in [9.17, 15) is 0 Å². The predicted octanol–water partition coefficient (Wildman–Crippen LogP) is 12.8. The molecule has 50 heavy (non-hydrogen) atoms. The predicted molar refractivity (Wildman–Crippen MR) is 209 cm³/mol. The van der Waals surface area contributed by atoms with Crippen LogP contribution in [0.4, 0.5) is 17.1 Å². The molecule has 0 amide bonds. The molecule has 0 bridgehead atoms. The van der Waals surface area contributed by atoms with Crippen LogP contribution in [-0.2, 0) is 0 Å². The molecular formula is C46H27N3O. The fourth-order valence-electron chi connectivity index (χ4n) is 8.77. The molecule has 0 spiro atoms. The van der Waals surface area contributed by atoms with Crippen LogP contribution >= 0.6 is 0 Å². The average Bonchev–Trinajstić information content (AvgIpc) is 3.83. The van der Waals surface area contributed by atoms with Crippen LogP contribution in [0.15, 0.2) is 168 Å². The Hall–Kier alpha value is -6.78. The summed E-state index contributed by atoms with van der Waals surface area (Å²) in [5, 5.41) is 9.69. The highest BCUT2D eigenvalue weighted by Gasteiger charge is 2.24. The lowest BCUT2D eigenvalue weighted by atomic mass is 10.0. The van der Waals surface area contributed by atoms with Gasteiger partial charge in [-0.05, 0) is 60.0 Å². The van der Waals surface area contributed by atoms with Crippen molar-refractivity contribution in [2.75, 3.05) is 4.90 Å². The summed E-state index contributed by atoms with van der Waals surface area (Å²) in [6.07, 6.45) is 0. The molecule has 0 aliphatic heterocycles. The van der Waals surface area contributed by atoms with E-state index in [0.717, 1.165) is 44.5 Å². The van der Waals surface area contributed by atoms with Crippen LogP contribution in [0.3, 0.4) is 0 Å². The molecule has 0 aliphatic carbocycles. The van der Waals surface area contributed by atoms with Crippen molar-refractivity contribution in [1.82, 2.24) is 8.80 Å². The van der Waals surface area contributed by atoms with Crippen LogP contribution in [0.25, 0.3) is 87.4 Å². The second-order valence-electron chi connectivity index (χ2n) is 13.3. The number of hydrogen-bond donors (Lipinski definition) is 0. The molecule has 0 saturated carbocycles. The molecular weight excluding hydrogens is 611 g/mol. The zero-order chi connectivity index (χ0) is 32.5. The number of aromatic nitrogens is 2. The lowest BCUT2D eigenvalue weighted by Crippen LogP contribution is -2.11. The Morgan fingerprint density at radius 1 is 0.380 bits per heavy atom. The maximum Gasteiger partial charge on any atom is 0.137 e. The van der Waals surface area contributed by atoms with Gasteiger partial charge in [0.2, 0.25) is 0 Å². The smallest absolute Gasteiger partial charge is 0.137 e. The molecule has 12 rings (SSSR count). The van der Waals surface area contributed by atoms with Gasteiger partial charge in [0.15, 0.2) is 0 Å². The zero-order valence-electron chi connectivity index (χ0n) is 26.8. The van der Waals surface area contributed by atoms with Crippen molar-refractivity contribution in [3.05, 3.63) is 164 Å². The van der Waals surface area contributed by atoms with Gasteiger partial charge in [-0.2, -0.15) is 0 Å². The minimum atomic E-state index is 0.875. The van der Waals surface area contributed by atoms with E-state index in [1.165, 1.54) is 59.9 Å². The molecule has 0 unspecified atom stereocenters. The van der Waals surface area contributed by atoms with Gasteiger partial charge in [0, 0.05) is 38.0 Å². The van der Waals surface area contributed by atoms with E-state index >= 15 is 0 Å². The Kier molecular flexibility index (Phi) is 4.94. The van der Waals surface area contributed by atoms with Crippen molar-refractivity contribution in [1.29, 1.82) is 0 Å². The van der Waals surface area contributed by atoms with Crippen molar-refractivity contribution >= 4 is 104 Å². The lowest BCUT2D eigenvalue weighted by Gasteiger charge is -2.28. The number of hydrogen-bond acceptors (Lipinski definition) is 2. The minimum Gasteiger partial charge on any atom is -0.456 e. The molecule has 4 heterocycles. The largest absolute Gasteiger partial charge is 0.456 e. The first kappa shape index (κ1) is 26.2. The van der Waals surface area contributed by atoms with Crippen molar-refractivity contribution < 1.29 is 4.42 Å². The van der Waals surface area contributed by atoms with Gasteiger partial charge in [0.1, 0.15) is 11.2 Å². The topological polar surface area (TPSA) is 25.2 Å².